The Morgan fingerprint density at radius 3 is 2.81 bits per heavy atom. The molecular weight excluding hydrogens is 346 g/mol. The number of carbonyl (C=O) groups excluding carboxylic acids is 1. The number of phenols is 1. The molecule has 0 spiro atoms. The molecule has 2 saturated carbocycles. The fraction of sp³-hybridized carbons (Fsp3) is 0.667. The Morgan fingerprint density at radius 1 is 1.33 bits per heavy atom. The van der Waals surface area contributed by atoms with Gasteiger partial charge in [0.15, 0.2) is 23.4 Å². The number of rotatable bonds is 5. The zero-order valence-corrected chi connectivity index (χ0v) is 15.6. The van der Waals surface area contributed by atoms with Crippen molar-refractivity contribution in [2.45, 2.75) is 75.0 Å². The molecule has 4 aliphatic rings. The van der Waals surface area contributed by atoms with Crippen molar-refractivity contribution in [2.75, 3.05) is 6.54 Å². The maximum Gasteiger partial charge on any atom is 0.174 e. The van der Waals surface area contributed by atoms with Crippen LogP contribution in [0.15, 0.2) is 12.1 Å². The summed E-state index contributed by atoms with van der Waals surface area (Å²) in [6.07, 6.45) is 3.80. The van der Waals surface area contributed by atoms with E-state index in [1.165, 1.54) is 5.06 Å². The van der Waals surface area contributed by atoms with E-state index in [9.17, 15) is 20.2 Å². The van der Waals surface area contributed by atoms with Gasteiger partial charge in [-0.25, -0.2) is 0 Å². The molecule has 3 N–H and O–H groups in total. The molecule has 2 fully saturated rings. The van der Waals surface area contributed by atoms with Crippen LogP contribution in [0.2, 0.25) is 0 Å². The Bertz CT molecular complexity index is 806. The van der Waals surface area contributed by atoms with Crippen LogP contribution in [-0.4, -0.2) is 50.6 Å². The molecule has 1 aromatic carbocycles. The number of Topliss-reactive ketones (excluding diaryl/α,β-unsaturated/α-hetero) is 1. The number of aliphatic hydroxyl groups is 1. The van der Waals surface area contributed by atoms with Crippen molar-refractivity contribution < 1.29 is 25.0 Å². The number of hydroxylamine groups is 2. The van der Waals surface area contributed by atoms with E-state index in [2.05, 4.69) is 0 Å². The summed E-state index contributed by atoms with van der Waals surface area (Å²) in [6.45, 7) is 2.58. The lowest BCUT2D eigenvalue weighted by Crippen LogP contribution is -2.72. The van der Waals surface area contributed by atoms with Crippen molar-refractivity contribution in [3.8, 4) is 11.5 Å². The number of ketones is 1. The fourth-order valence-electron chi connectivity index (χ4n) is 5.94. The van der Waals surface area contributed by atoms with Gasteiger partial charge in [-0.2, -0.15) is 5.06 Å². The summed E-state index contributed by atoms with van der Waals surface area (Å²) in [5, 5.41) is 34.7. The first-order chi connectivity index (χ1) is 12.9. The van der Waals surface area contributed by atoms with Crippen LogP contribution in [0.4, 0.5) is 0 Å². The summed E-state index contributed by atoms with van der Waals surface area (Å²) < 4.78 is 6.03. The van der Waals surface area contributed by atoms with Crippen molar-refractivity contribution in [3.63, 3.8) is 0 Å². The molecule has 6 nitrogen and oxygen atoms in total. The van der Waals surface area contributed by atoms with Crippen LogP contribution >= 0.6 is 0 Å². The van der Waals surface area contributed by atoms with Crippen molar-refractivity contribution in [3.05, 3.63) is 23.3 Å². The second-order valence-corrected chi connectivity index (χ2v) is 8.84. The van der Waals surface area contributed by atoms with Crippen LogP contribution in [0.5, 0.6) is 11.5 Å². The summed E-state index contributed by atoms with van der Waals surface area (Å²) in [4.78, 5) is 12.8. The molecule has 1 aromatic rings. The van der Waals surface area contributed by atoms with Gasteiger partial charge >= 0.3 is 0 Å². The van der Waals surface area contributed by atoms with E-state index in [4.69, 9.17) is 4.74 Å². The van der Waals surface area contributed by atoms with Crippen molar-refractivity contribution in [2.24, 2.45) is 5.92 Å². The van der Waals surface area contributed by atoms with E-state index in [0.29, 0.717) is 37.5 Å². The van der Waals surface area contributed by atoms with Gasteiger partial charge in [0.05, 0.1) is 17.1 Å². The number of ether oxygens (including phenoxy) is 1. The Hall–Kier alpha value is -1.63. The highest BCUT2D eigenvalue weighted by Crippen LogP contribution is 2.63. The van der Waals surface area contributed by atoms with Gasteiger partial charge in [-0.05, 0) is 49.7 Å². The van der Waals surface area contributed by atoms with E-state index >= 15 is 0 Å². The zero-order chi connectivity index (χ0) is 19.0. The van der Waals surface area contributed by atoms with Gasteiger partial charge in [0.2, 0.25) is 0 Å². The molecule has 6 heteroatoms. The average molecular weight is 373 g/mol. The van der Waals surface area contributed by atoms with Crippen molar-refractivity contribution >= 4 is 5.78 Å². The van der Waals surface area contributed by atoms with Gasteiger partial charge < -0.3 is 20.2 Å². The SMILES string of the molecule is CCC[C@@]12c3c4ccc(O)c3OC1C(=O)CCC2(O)C(N(O)CC1CC1)C4. The summed E-state index contributed by atoms with van der Waals surface area (Å²) >= 11 is 0. The number of aromatic hydroxyl groups is 1. The summed E-state index contributed by atoms with van der Waals surface area (Å²) in [7, 11) is 0. The molecule has 4 atom stereocenters. The van der Waals surface area contributed by atoms with Crippen molar-refractivity contribution in [1.82, 2.24) is 5.06 Å². The minimum Gasteiger partial charge on any atom is -0.504 e. The van der Waals surface area contributed by atoms with E-state index in [1.54, 1.807) is 6.07 Å². The molecule has 1 heterocycles. The lowest BCUT2D eigenvalue weighted by molar-refractivity contribution is -0.229. The molecule has 3 unspecified atom stereocenters. The highest BCUT2D eigenvalue weighted by molar-refractivity contribution is 5.89. The van der Waals surface area contributed by atoms with Crippen LogP contribution in [0.25, 0.3) is 0 Å². The number of hydrogen-bond donors (Lipinski definition) is 3. The van der Waals surface area contributed by atoms with Crippen LogP contribution < -0.4 is 4.74 Å². The van der Waals surface area contributed by atoms with Gasteiger partial charge in [-0.3, -0.25) is 4.79 Å². The molecule has 0 bridgehead atoms. The second-order valence-electron chi connectivity index (χ2n) is 8.84. The van der Waals surface area contributed by atoms with Gasteiger partial charge in [-0.15, -0.1) is 0 Å². The lowest BCUT2D eigenvalue weighted by Gasteiger charge is -2.57. The maximum absolute atomic E-state index is 12.8. The Morgan fingerprint density at radius 2 is 2.11 bits per heavy atom. The monoisotopic (exact) mass is 373 g/mol. The normalized spacial score (nSPS) is 36.7. The van der Waals surface area contributed by atoms with Crippen LogP contribution in [0, 0.1) is 5.92 Å². The third-order valence-corrected chi connectivity index (χ3v) is 7.28. The summed E-state index contributed by atoms with van der Waals surface area (Å²) in [5.74, 6) is 0.830. The van der Waals surface area contributed by atoms with Gasteiger partial charge in [0.25, 0.3) is 0 Å². The molecule has 5 rings (SSSR count). The Balaban J connectivity index is 1.71. The van der Waals surface area contributed by atoms with E-state index in [0.717, 1.165) is 30.4 Å². The molecule has 3 aliphatic carbocycles. The van der Waals surface area contributed by atoms with E-state index in [1.807, 2.05) is 13.0 Å². The predicted octanol–water partition coefficient (Wildman–Crippen LogP) is 2.31. The van der Waals surface area contributed by atoms with Gasteiger partial charge in [-0.1, -0.05) is 19.4 Å². The number of nitrogens with zero attached hydrogens (tertiary/aromatic N) is 1. The third kappa shape index (κ3) is 2.15. The molecule has 0 aromatic heterocycles. The highest BCUT2D eigenvalue weighted by atomic mass is 16.5. The molecule has 146 valence electrons. The number of benzene rings is 1. The first-order valence-corrected chi connectivity index (χ1v) is 10.1. The quantitative estimate of drug-likeness (QED) is 0.686. The minimum atomic E-state index is -1.27. The van der Waals surface area contributed by atoms with Crippen LogP contribution in [-0.2, 0) is 16.6 Å². The molecule has 0 saturated heterocycles. The number of hydrogen-bond acceptors (Lipinski definition) is 6. The van der Waals surface area contributed by atoms with E-state index in [-0.39, 0.29) is 18.0 Å². The molecule has 0 radical (unpaired) electrons. The smallest absolute Gasteiger partial charge is 0.174 e. The third-order valence-electron chi connectivity index (χ3n) is 7.28. The first kappa shape index (κ1) is 17.5. The topological polar surface area (TPSA) is 90.2 Å². The summed E-state index contributed by atoms with van der Waals surface area (Å²) in [5.41, 5.74) is -0.426. The second kappa shape index (κ2) is 5.69. The molecular formula is C21H27NO5. The van der Waals surface area contributed by atoms with Crippen molar-refractivity contribution in [1.29, 1.82) is 0 Å². The predicted molar refractivity (Wildman–Crippen MR) is 97.0 cm³/mol. The number of carbonyl (C=O) groups is 1. The Kier molecular flexibility index (Phi) is 3.68. The molecule has 27 heavy (non-hydrogen) atoms. The molecule has 1 aliphatic heterocycles. The number of phenolic OH excluding ortho intramolecular Hbond substituents is 1. The maximum atomic E-state index is 12.8. The summed E-state index contributed by atoms with van der Waals surface area (Å²) in [6, 6.07) is 2.97. The lowest BCUT2D eigenvalue weighted by atomic mass is 9.50. The largest absolute Gasteiger partial charge is 0.504 e. The fourth-order valence-corrected chi connectivity index (χ4v) is 5.94. The first-order valence-electron chi connectivity index (χ1n) is 10.1. The Labute approximate surface area is 158 Å². The minimum absolute atomic E-state index is 0.0195. The van der Waals surface area contributed by atoms with Gasteiger partial charge in [0.1, 0.15) is 0 Å². The van der Waals surface area contributed by atoms with E-state index < -0.39 is 23.2 Å². The standard InChI is InChI=1S/C21H27NO5/c1-2-8-20-17-13-5-6-14(23)18(17)27-19(20)15(24)7-9-21(20,25)16(10-13)22(26)11-12-3-4-12/h5-6,12,16,19,23,25-26H,2-4,7-11H2,1H3/t16?,19?,20-,21?/m1/s1. The van der Waals surface area contributed by atoms with Crippen LogP contribution in [0.1, 0.15) is 56.6 Å². The van der Waals surface area contributed by atoms with Crippen LogP contribution in [0.3, 0.4) is 0 Å². The zero-order valence-electron chi connectivity index (χ0n) is 15.6. The molecule has 0 amide bonds. The highest BCUT2D eigenvalue weighted by Gasteiger charge is 2.71. The van der Waals surface area contributed by atoms with Gasteiger partial charge in [0, 0.05) is 18.5 Å². The average Bonchev–Trinajstić information content (AvgIpc) is 3.37.